The molecule has 0 amide bonds. The fourth-order valence-corrected chi connectivity index (χ4v) is 4.05. The highest BCUT2D eigenvalue weighted by atomic mass is 32.2. The molecule has 1 heterocycles. The van der Waals surface area contributed by atoms with E-state index in [-0.39, 0.29) is 16.3 Å². The van der Waals surface area contributed by atoms with Gasteiger partial charge in [-0.3, -0.25) is 4.72 Å². The predicted octanol–water partition coefficient (Wildman–Crippen LogP) is 2.81. The van der Waals surface area contributed by atoms with Crippen molar-refractivity contribution >= 4 is 21.4 Å². The highest BCUT2D eigenvalue weighted by molar-refractivity contribution is 7.92. The SMILES string of the molecule is Cc1ccc(S(=O)(=O)Nc2ccccc2OC(F)F)cc1N1CCNCC1. The standard InChI is InChI=1S/C18H21F2N3O3S/c1-13-6-7-14(12-16(13)23-10-8-21-9-11-23)27(24,25)22-15-4-2-3-5-17(15)26-18(19)20/h2-7,12,18,21-22H,8-11H2,1H3. The first-order valence-electron chi connectivity index (χ1n) is 8.50. The fourth-order valence-electron chi connectivity index (χ4n) is 2.96. The van der Waals surface area contributed by atoms with Gasteiger partial charge in [0.15, 0.2) is 0 Å². The van der Waals surface area contributed by atoms with E-state index in [2.05, 4.69) is 19.7 Å². The van der Waals surface area contributed by atoms with Gasteiger partial charge in [-0.05, 0) is 36.8 Å². The van der Waals surface area contributed by atoms with Crippen molar-refractivity contribution in [2.45, 2.75) is 18.4 Å². The van der Waals surface area contributed by atoms with Crippen molar-refractivity contribution in [1.29, 1.82) is 0 Å². The number of piperazine rings is 1. The van der Waals surface area contributed by atoms with Crippen molar-refractivity contribution < 1.29 is 21.9 Å². The smallest absolute Gasteiger partial charge is 0.387 e. The van der Waals surface area contributed by atoms with Crippen molar-refractivity contribution in [3.8, 4) is 5.75 Å². The van der Waals surface area contributed by atoms with Crippen LogP contribution >= 0.6 is 0 Å². The van der Waals surface area contributed by atoms with E-state index in [1.807, 2.05) is 6.92 Å². The Morgan fingerprint density at radius 2 is 1.85 bits per heavy atom. The molecule has 9 heteroatoms. The summed E-state index contributed by atoms with van der Waals surface area (Å²) in [4.78, 5) is 2.19. The first-order chi connectivity index (χ1) is 12.9. The Kier molecular flexibility index (Phi) is 5.81. The van der Waals surface area contributed by atoms with E-state index in [0.717, 1.165) is 37.4 Å². The van der Waals surface area contributed by atoms with Gasteiger partial charge in [-0.2, -0.15) is 8.78 Å². The average molecular weight is 397 g/mol. The molecule has 0 unspecified atom stereocenters. The molecule has 6 nitrogen and oxygen atoms in total. The lowest BCUT2D eigenvalue weighted by Crippen LogP contribution is -2.43. The number of alkyl halides is 2. The Labute approximate surface area is 157 Å². The van der Waals surface area contributed by atoms with Crippen LogP contribution in [-0.2, 0) is 10.0 Å². The molecule has 0 aromatic heterocycles. The molecule has 2 aromatic carbocycles. The van der Waals surface area contributed by atoms with Crippen LogP contribution < -0.4 is 19.7 Å². The minimum atomic E-state index is -3.97. The van der Waals surface area contributed by atoms with E-state index in [4.69, 9.17) is 0 Å². The van der Waals surface area contributed by atoms with Crippen LogP contribution in [0, 0.1) is 6.92 Å². The Balaban J connectivity index is 1.89. The third-order valence-corrected chi connectivity index (χ3v) is 5.66. The van der Waals surface area contributed by atoms with E-state index in [9.17, 15) is 17.2 Å². The number of anilines is 2. The Morgan fingerprint density at radius 1 is 1.15 bits per heavy atom. The van der Waals surface area contributed by atoms with Crippen LogP contribution in [-0.4, -0.2) is 41.2 Å². The third-order valence-electron chi connectivity index (χ3n) is 4.30. The molecule has 2 aromatic rings. The summed E-state index contributed by atoms with van der Waals surface area (Å²) in [6.07, 6.45) is 0. The number of aryl methyl sites for hydroxylation is 1. The lowest BCUT2D eigenvalue weighted by Gasteiger charge is -2.31. The normalized spacial score (nSPS) is 15.0. The number of halogens is 2. The van der Waals surface area contributed by atoms with E-state index in [1.54, 1.807) is 12.1 Å². The van der Waals surface area contributed by atoms with Crippen molar-refractivity contribution in [3.63, 3.8) is 0 Å². The van der Waals surface area contributed by atoms with Gasteiger partial charge in [0, 0.05) is 31.9 Å². The number of nitrogens with one attached hydrogen (secondary N) is 2. The van der Waals surface area contributed by atoms with Crippen LogP contribution in [0.1, 0.15) is 5.56 Å². The summed E-state index contributed by atoms with van der Waals surface area (Å²) in [7, 11) is -3.97. The van der Waals surface area contributed by atoms with Crippen LogP contribution in [0.15, 0.2) is 47.4 Å². The third kappa shape index (κ3) is 4.67. The van der Waals surface area contributed by atoms with E-state index in [1.165, 1.54) is 30.3 Å². The summed E-state index contributed by atoms with van der Waals surface area (Å²) >= 11 is 0. The highest BCUT2D eigenvalue weighted by Crippen LogP contribution is 2.30. The summed E-state index contributed by atoms with van der Waals surface area (Å²) in [6, 6.07) is 10.5. The number of nitrogens with zero attached hydrogens (tertiary/aromatic N) is 1. The monoisotopic (exact) mass is 397 g/mol. The molecule has 1 saturated heterocycles. The number of rotatable bonds is 6. The Morgan fingerprint density at radius 3 is 2.56 bits per heavy atom. The summed E-state index contributed by atoms with van der Waals surface area (Å²) in [5.41, 5.74) is 1.77. The maximum absolute atomic E-state index is 12.8. The lowest BCUT2D eigenvalue weighted by molar-refractivity contribution is -0.0493. The molecule has 27 heavy (non-hydrogen) atoms. The molecule has 3 rings (SSSR count). The Hall–Kier alpha value is -2.39. The quantitative estimate of drug-likeness (QED) is 0.785. The van der Waals surface area contributed by atoms with Gasteiger partial charge in [-0.1, -0.05) is 18.2 Å². The van der Waals surface area contributed by atoms with Gasteiger partial charge in [0.2, 0.25) is 0 Å². The predicted molar refractivity (Wildman–Crippen MR) is 100 cm³/mol. The fraction of sp³-hybridized carbons (Fsp3) is 0.333. The zero-order valence-corrected chi connectivity index (χ0v) is 15.6. The van der Waals surface area contributed by atoms with Gasteiger partial charge >= 0.3 is 6.61 Å². The van der Waals surface area contributed by atoms with Gasteiger partial charge in [0.1, 0.15) is 5.75 Å². The van der Waals surface area contributed by atoms with Crippen LogP contribution in [0.5, 0.6) is 5.75 Å². The summed E-state index contributed by atoms with van der Waals surface area (Å²) < 4.78 is 57.4. The van der Waals surface area contributed by atoms with Crippen LogP contribution in [0.2, 0.25) is 0 Å². The van der Waals surface area contributed by atoms with E-state index in [0.29, 0.717) is 0 Å². The molecule has 0 bridgehead atoms. The largest absolute Gasteiger partial charge is 0.433 e. The molecule has 0 saturated carbocycles. The zero-order valence-electron chi connectivity index (χ0n) is 14.8. The number of benzene rings is 2. The van der Waals surface area contributed by atoms with Crippen LogP contribution in [0.25, 0.3) is 0 Å². The molecule has 1 aliphatic rings. The molecule has 1 fully saturated rings. The number of para-hydroxylation sites is 2. The molecule has 0 aliphatic carbocycles. The molecule has 1 aliphatic heterocycles. The van der Waals surface area contributed by atoms with Gasteiger partial charge in [-0.25, -0.2) is 8.42 Å². The maximum atomic E-state index is 12.8. The second kappa shape index (κ2) is 8.10. The summed E-state index contributed by atoms with van der Waals surface area (Å²) in [5.74, 6) is -0.231. The Bertz CT molecular complexity index is 900. The molecule has 0 atom stereocenters. The van der Waals surface area contributed by atoms with Crippen LogP contribution in [0.3, 0.4) is 0 Å². The van der Waals surface area contributed by atoms with Crippen molar-refractivity contribution in [2.24, 2.45) is 0 Å². The van der Waals surface area contributed by atoms with Gasteiger partial charge in [0.25, 0.3) is 10.0 Å². The van der Waals surface area contributed by atoms with Crippen molar-refractivity contribution in [2.75, 3.05) is 35.8 Å². The maximum Gasteiger partial charge on any atom is 0.387 e. The summed E-state index contributed by atoms with van der Waals surface area (Å²) in [5, 5.41) is 3.26. The average Bonchev–Trinajstić information content (AvgIpc) is 2.64. The van der Waals surface area contributed by atoms with Crippen molar-refractivity contribution in [3.05, 3.63) is 48.0 Å². The van der Waals surface area contributed by atoms with Crippen molar-refractivity contribution in [1.82, 2.24) is 5.32 Å². The lowest BCUT2D eigenvalue weighted by atomic mass is 10.1. The second-order valence-corrected chi connectivity index (χ2v) is 7.85. The molecule has 146 valence electrons. The minimum absolute atomic E-state index is 0.0397. The zero-order chi connectivity index (χ0) is 19.4. The minimum Gasteiger partial charge on any atom is -0.433 e. The first kappa shape index (κ1) is 19.4. The highest BCUT2D eigenvalue weighted by Gasteiger charge is 2.21. The molecular formula is C18H21F2N3O3S. The molecule has 0 radical (unpaired) electrons. The van der Waals surface area contributed by atoms with Gasteiger partial charge in [-0.15, -0.1) is 0 Å². The number of ether oxygens (including phenoxy) is 1. The number of sulfonamides is 1. The van der Waals surface area contributed by atoms with E-state index < -0.39 is 16.6 Å². The molecule has 2 N–H and O–H groups in total. The van der Waals surface area contributed by atoms with E-state index >= 15 is 0 Å². The first-order valence-corrected chi connectivity index (χ1v) is 9.98. The van der Waals surface area contributed by atoms with Gasteiger partial charge in [0.05, 0.1) is 10.6 Å². The number of hydrogen-bond donors (Lipinski definition) is 2. The topological polar surface area (TPSA) is 70.7 Å². The van der Waals surface area contributed by atoms with Crippen LogP contribution in [0.4, 0.5) is 20.2 Å². The second-order valence-electron chi connectivity index (χ2n) is 6.17. The molecule has 0 spiro atoms. The molecular weight excluding hydrogens is 376 g/mol. The van der Waals surface area contributed by atoms with Gasteiger partial charge < -0.3 is 15.0 Å². The number of hydrogen-bond acceptors (Lipinski definition) is 5. The summed E-state index contributed by atoms with van der Waals surface area (Å²) in [6.45, 7) is 2.09.